The second-order valence-electron chi connectivity index (χ2n) is 4.50. The van der Waals surface area contributed by atoms with Crippen molar-refractivity contribution in [2.75, 3.05) is 26.0 Å². The van der Waals surface area contributed by atoms with Crippen LogP contribution in [0, 0.1) is 0 Å². The summed E-state index contributed by atoms with van der Waals surface area (Å²) < 4.78 is 5.50. The Balaban J connectivity index is 2.20. The summed E-state index contributed by atoms with van der Waals surface area (Å²) in [6.07, 6.45) is 2.65. The molecule has 1 aromatic rings. The van der Waals surface area contributed by atoms with E-state index in [9.17, 15) is 4.79 Å². The maximum atomic E-state index is 12.4. The van der Waals surface area contributed by atoms with Crippen LogP contribution in [0.5, 0.6) is 0 Å². The third kappa shape index (κ3) is 2.31. The molecule has 1 aliphatic rings. The van der Waals surface area contributed by atoms with Crippen molar-refractivity contribution < 1.29 is 9.53 Å². The highest BCUT2D eigenvalue weighted by molar-refractivity contribution is 5.98. The quantitative estimate of drug-likeness (QED) is 0.879. The lowest BCUT2D eigenvalue weighted by atomic mass is 10.1. The molecule has 0 aromatic carbocycles. The Labute approximate surface area is 107 Å². The van der Waals surface area contributed by atoms with E-state index in [1.165, 1.54) is 0 Å². The van der Waals surface area contributed by atoms with Gasteiger partial charge in [-0.25, -0.2) is 4.98 Å². The molecule has 1 N–H and O–H groups in total. The largest absolute Gasteiger partial charge is 0.376 e. The van der Waals surface area contributed by atoms with Gasteiger partial charge in [-0.3, -0.25) is 4.79 Å². The van der Waals surface area contributed by atoms with E-state index < -0.39 is 0 Å². The topological polar surface area (TPSA) is 54.5 Å². The standard InChI is InChI=1S/C13H19N3O2/c1-9-11(6-8-18-9)16(3)13(17)10-5-4-7-15-12(10)14-2/h4-5,7,9,11H,6,8H2,1-3H3,(H,14,15). The molecule has 1 saturated heterocycles. The number of likely N-dealkylation sites (N-methyl/N-ethyl adjacent to an activating group) is 1. The molecule has 1 aromatic heterocycles. The molecule has 0 bridgehead atoms. The lowest BCUT2D eigenvalue weighted by molar-refractivity contribution is 0.0575. The molecule has 2 unspecified atom stereocenters. The molecular formula is C13H19N3O2. The lowest BCUT2D eigenvalue weighted by Gasteiger charge is -2.27. The maximum Gasteiger partial charge on any atom is 0.257 e. The minimum Gasteiger partial charge on any atom is -0.376 e. The van der Waals surface area contributed by atoms with Crippen LogP contribution in [0.15, 0.2) is 18.3 Å². The Kier molecular flexibility index (Phi) is 3.81. The van der Waals surface area contributed by atoms with Crippen molar-refractivity contribution in [3.8, 4) is 0 Å². The summed E-state index contributed by atoms with van der Waals surface area (Å²) in [6, 6.07) is 3.71. The van der Waals surface area contributed by atoms with Gasteiger partial charge in [0.25, 0.3) is 5.91 Å². The van der Waals surface area contributed by atoms with E-state index in [0.717, 1.165) is 13.0 Å². The van der Waals surface area contributed by atoms with Crippen LogP contribution in [0.25, 0.3) is 0 Å². The number of ether oxygens (including phenoxy) is 1. The molecule has 0 radical (unpaired) electrons. The molecule has 98 valence electrons. The molecular weight excluding hydrogens is 230 g/mol. The number of hydrogen-bond donors (Lipinski definition) is 1. The highest BCUT2D eigenvalue weighted by atomic mass is 16.5. The highest BCUT2D eigenvalue weighted by Crippen LogP contribution is 2.21. The van der Waals surface area contributed by atoms with Gasteiger partial charge in [0.2, 0.25) is 0 Å². The second-order valence-corrected chi connectivity index (χ2v) is 4.50. The van der Waals surface area contributed by atoms with Crippen molar-refractivity contribution in [2.24, 2.45) is 0 Å². The van der Waals surface area contributed by atoms with Crippen LogP contribution in [0.2, 0.25) is 0 Å². The lowest BCUT2D eigenvalue weighted by Crippen LogP contribution is -2.41. The van der Waals surface area contributed by atoms with Crippen LogP contribution in [0.1, 0.15) is 23.7 Å². The van der Waals surface area contributed by atoms with Crippen molar-refractivity contribution in [1.29, 1.82) is 0 Å². The van der Waals surface area contributed by atoms with Gasteiger partial charge in [0, 0.05) is 26.9 Å². The smallest absolute Gasteiger partial charge is 0.257 e. The number of aromatic nitrogens is 1. The average Bonchev–Trinajstić information content (AvgIpc) is 2.83. The van der Waals surface area contributed by atoms with Gasteiger partial charge in [-0.2, -0.15) is 0 Å². The van der Waals surface area contributed by atoms with Crippen molar-refractivity contribution >= 4 is 11.7 Å². The fourth-order valence-electron chi connectivity index (χ4n) is 2.35. The summed E-state index contributed by atoms with van der Waals surface area (Å²) in [5.74, 6) is 0.593. The van der Waals surface area contributed by atoms with E-state index in [1.54, 1.807) is 30.3 Å². The Bertz CT molecular complexity index is 436. The van der Waals surface area contributed by atoms with Gasteiger partial charge in [-0.1, -0.05) is 0 Å². The van der Waals surface area contributed by atoms with E-state index in [0.29, 0.717) is 11.4 Å². The summed E-state index contributed by atoms with van der Waals surface area (Å²) in [4.78, 5) is 18.4. The number of amides is 1. The molecule has 1 amide bonds. The zero-order chi connectivity index (χ0) is 13.1. The highest BCUT2D eigenvalue weighted by Gasteiger charge is 2.31. The molecule has 5 heteroatoms. The van der Waals surface area contributed by atoms with Crippen molar-refractivity contribution in [3.05, 3.63) is 23.9 Å². The summed E-state index contributed by atoms with van der Waals surface area (Å²) in [7, 11) is 3.59. The molecule has 0 aliphatic carbocycles. The van der Waals surface area contributed by atoms with Crippen LogP contribution < -0.4 is 5.32 Å². The minimum atomic E-state index is -0.0187. The van der Waals surface area contributed by atoms with Gasteiger partial charge < -0.3 is 15.0 Å². The number of anilines is 1. The SMILES string of the molecule is CNc1ncccc1C(=O)N(C)C1CCOC1C. The zero-order valence-electron chi connectivity index (χ0n) is 11.0. The van der Waals surface area contributed by atoms with Crippen LogP contribution in [0.4, 0.5) is 5.82 Å². The van der Waals surface area contributed by atoms with Gasteiger partial charge in [0.1, 0.15) is 5.82 Å². The second kappa shape index (κ2) is 5.35. The van der Waals surface area contributed by atoms with Crippen molar-refractivity contribution in [2.45, 2.75) is 25.5 Å². The molecule has 5 nitrogen and oxygen atoms in total. The third-order valence-electron chi connectivity index (χ3n) is 3.43. The first-order valence-corrected chi connectivity index (χ1v) is 6.16. The number of carbonyl (C=O) groups excluding carboxylic acids is 1. The van der Waals surface area contributed by atoms with E-state index in [4.69, 9.17) is 4.74 Å². The van der Waals surface area contributed by atoms with Crippen LogP contribution in [-0.2, 0) is 4.74 Å². The predicted molar refractivity (Wildman–Crippen MR) is 69.7 cm³/mol. The fraction of sp³-hybridized carbons (Fsp3) is 0.538. The minimum absolute atomic E-state index is 0.0187. The van der Waals surface area contributed by atoms with Crippen LogP contribution in [0.3, 0.4) is 0 Å². The number of nitrogens with one attached hydrogen (secondary N) is 1. The van der Waals surface area contributed by atoms with E-state index in [1.807, 2.05) is 14.0 Å². The van der Waals surface area contributed by atoms with E-state index >= 15 is 0 Å². The molecule has 1 fully saturated rings. The summed E-state index contributed by atoms with van der Waals surface area (Å²) in [6.45, 7) is 2.72. The first kappa shape index (κ1) is 12.8. The van der Waals surface area contributed by atoms with Gasteiger partial charge in [0.05, 0.1) is 17.7 Å². The van der Waals surface area contributed by atoms with Gasteiger partial charge in [0.15, 0.2) is 0 Å². The first-order chi connectivity index (χ1) is 8.65. The zero-order valence-corrected chi connectivity index (χ0v) is 11.0. The number of rotatable bonds is 3. The first-order valence-electron chi connectivity index (χ1n) is 6.16. The summed E-state index contributed by atoms with van der Waals surface area (Å²) >= 11 is 0. The van der Waals surface area contributed by atoms with E-state index in [-0.39, 0.29) is 18.1 Å². The third-order valence-corrected chi connectivity index (χ3v) is 3.43. The Morgan fingerprint density at radius 1 is 1.61 bits per heavy atom. The van der Waals surface area contributed by atoms with Crippen LogP contribution >= 0.6 is 0 Å². The Morgan fingerprint density at radius 3 is 3.00 bits per heavy atom. The summed E-state index contributed by atoms with van der Waals surface area (Å²) in [5, 5.41) is 2.94. The van der Waals surface area contributed by atoms with E-state index in [2.05, 4.69) is 10.3 Å². The molecule has 2 heterocycles. The Morgan fingerprint density at radius 2 is 2.39 bits per heavy atom. The molecule has 18 heavy (non-hydrogen) atoms. The number of pyridine rings is 1. The maximum absolute atomic E-state index is 12.4. The van der Waals surface area contributed by atoms with Gasteiger partial charge in [-0.15, -0.1) is 0 Å². The Hall–Kier alpha value is -1.62. The average molecular weight is 249 g/mol. The number of nitrogens with zero attached hydrogens (tertiary/aromatic N) is 2. The summed E-state index contributed by atoms with van der Waals surface area (Å²) in [5.41, 5.74) is 0.599. The monoisotopic (exact) mass is 249 g/mol. The normalized spacial score (nSPS) is 22.8. The van der Waals surface area contributed by atoms with Crippen molar-refractivity contribution in [1.82, 2.24) is 9.88 Å². The molecule has 2 rings (SSSR count). The molecule has 1 aliphatic heterocycles. The fourth-order valence-corrected chi connectivity index (χ4v) is 2.35. The van der Waals surface area contributed by atoms with Crippen LogP contribution in [-0.4, -0.2) is 48.6 Å². The molecule has 2 atom stereocenters. The van der Waals surface area contributed by atoms with Gasteiger partial charge >= 0.3 is 0 Å². The molecule has 0 spiro atoms. The van der Waals surface area contributed by atoms with Gasteiger partial charge in [-0.05, 0) is 25.5 Å². The predicted octanol–water partition coefficient (Wildman–Crippen LogP) is 1.37. The molecule has 0 saturated carbocycles. The number of carbonyl (C=O) groups is 1. The number of hydrogen-bond acceptors (Lipinski definition) is 4. The van der Waals surface area contributed by atoms with Crippen molar-refractivity contribution in [3.63, 3.8) is 0 Å².